The van der Waals surface area contributed by atoms with Crippen molar-refractivity contribution in [2.45, 2.75) is 45.4 Å². The van der Waals surface area contributed by atoms with Gasteiger partial charge in [-0.25, -0.2) is 0 Å². The number of benzene rings is 1. The van der Waals surface area contributed by atoms with Crippen molar-refractivity contribution >= 4 is 5.91 Å². The van der Waals surface area contributed by atoms with E-state index < -0.39 is 0 Å². The van der Waals surface area contributed by atoms with Gasteiger partial charge in [0.2, 0.25) is 0 Å². The van der Waals surface area contributed by atoms with Gasteiger partial charge in [-0.1, -0.05) is 37.1 Å². The molecule has 1 aromatic carbocycles. The molecule has 1 aliphatic carbocycles. The fourth-order valence-corrected chi connectivity index (χ4v) is 4.47. The summed E-state index contributed by atoms with van der Waals surface area (Å²) in [5.41, 5.74) is 2.65. The SMILES string of the molecule is Cc1ccccc1CCNC(=O)C[NH+]1CC[C@@H]2CCCC[C@@H]2C1. The van der Waals surface area contributed by atoms with Gasteiger partial charge in [-0.05, 0) is 49.7 Å². The van der Waals surface area contributed by atoms with Crippen LogP contribution in [0, 0.1) is 18.8 Å². The largest absolute Gasteiger partial charge is 0.351 e. The Labute approximate surface area is 140 Å². The second-order valence-electron chi connectivity index (χ2n) is 7.50. The predicted molar refractivity (Wildman–Crippen MR) is 93.5 cm³/mol. The Kier molecular flexibility index (Phi) is 5.71. The first-order valence-electron chi connectivity index (χ1n) is 9.37. The summed E-state index contributed by atoms with van der Waals surface area (Å²) in [5, 5.41) is 3.12. The number of likely N-dealkylation sites (tertiary alicyclic amines) is 1. The van der Waals surface area contributed by atoms with Crippen LogP contribution < -0.4 is 10.2 Å². The first kappa shape index (κ1) is 16.5. The van der Waals surface area contributed by atoms with Crippen LogP contribution in [0.5, 0.6) is 0 Å². The molecule has 0 aromatic heterocycles. The summed E-state index contributed by atoms with van der Waals surface area (Å²) in [7, 11) is 0. The molecule has 23 heavy (non-hydrogen) atoms. The summed E-state index contributed by atoms with van der Waals surface area (Å²) >= 11 is 0. The molecule has 0 radical (unpaired) electrons. The number of quaternary nitrogens is 1. The molecule has 126 valence electrons. The molecule has 1 aliphatic heterocycles. The van der Waals surface area contributed by atoms with E-state index in [2.05, 4.69) is 36.5 Å². The zero-order valence-electron chi connectivity index (χ0n) is 14.4. The van der Waals surface area contributed by atoms with Gasteiger partial charge < -0.3 is 10.2 Å². The zero-order valence-corrected chi connectivity index (χ0v) is 14.4. The van der Waals surface area contributed by atoms with Crippen LogP contribution in [0.3, 0.4) is 0 Å². The minimum absolute atomic E-state index is 0.225. The van der Waals surface area contributed by atoms with Crippen LogP contribution in [-0.4, -0.2) is 32.1 Å². The number of aryl methyl sites for hydroxylation is 1. The highest BCUT2D eigenvalue weighted by molar-refractivity contribution is 5.76. The minimum Gasteiger partial charge on any atom is -0.351 e. The molecule has 3 nitrogen and oxygen atoms in total. The lowest BCUT2D eigenvalue weighted by atomic mass is 9.75. The van der Waals surface area contributed by atoms with Gasteiger partial charge in [-0.3, -0.25) is 4.79 Å². The lowest BCUT2D eigenvalue weighted by molar-refractivity contribution is -0.902. The lowest BCUT2D eigenvalue weighted by Crippen LogP contribution is -3.15. The molecule has 1 saturated carbocycles. The number of rotatable bonds is 5. The fraction of sp³-hybridized carbons (Fsp3) is 0.650. The van der Waals surface area contributed by atoms with Gasteiger partial charge in [0.25, 0.3) is 5.91 Å². The number of carbonyl (C=O) groups excluding carboxylic acids is 1. The summed E-state index contributed by atoms with van der Waals surface area (Å²) in [6.07, 6.45) is 7.91. The molecule has 1 heterocycles. The molecule has 1 amide bonds. The molecule has 0 spiro atoms. The summed E-state index contributed by atoms with van der Waals surface area (Å²) in [5.74, 6) is 2.06. The monoisotopic (exact) mass is 315 g/mol. The molecule has 1 unspecified atom stereocenters. The molecule has 0 bridgehead atoms. The van der Waals surface area contributed by atoms with Crippen molar-refractivity contribution in [3.8, 4) is 0 Å². The van der Waals surface area contributed by atoms with Crippen molar-refractivity contribution in [2.24, 2.45) is 11.8 Å². The summed E-state index contributed by atoms with van der Waals surface area (Å²) in [6.45, 7) is 5.96. The van der Waals surface area contributed by atoms with Crippen molar-refractivity contribution in [2.75, 3.05) is 26.2 Å². The van der Waals surface area contributed by atoms with Gasteiger partial charge in [0.05, 0.1) is 13.1 Å². The Morgan fingerprint density at radius 1 is 1.17 bits per heavy atom. The maximum absolute atomic E-state index is 12.2. The van der Waals surface area contributed by atoms with Crippen LogP contribution in [0.15, 0.2) is 24.3 Å². The van der Waals surface area contributed by atoms with E-state index >= 15 is 0 Å². The Balaban J connectivity index is 1.39. The van der Waals surface area contributed by atoms with E-state index in [1.54, 1.807) is 0 Å². The van der Waals surface area contributed by atoms with Gasteiger partial charge in [-0.15, -0.1) is 0 Å². The molecule has 3 atom stereocenters. The summed E-state index contributed by atoms with van der Waals surface area (Å²) in [4.78, 5) is 13.7. The highest BCUT2D eigenvalue weighted by Crippen LogP contribution is 2.32. The Morgan fingerprint density at radius 2 is 1.96 bits per heavy atom. The Morgan fingerprint density at radius 3 is 2.78 bits per heavy atom. The second kappa shape index (κ2) is 7.96. The number of piperidine rings is 1. The van der Waals surface area contributed by atoms with Gasteiger partial charge in [0.1, 0.15) is 0 Å². The average molecular weight is 315 g/mol. The number of nitrogens with one attached hydrogen (secondary N) is 2. The van der Waals surface area contributed by atoms with Crippen molar-refractivity contribution in [3.05, 3.63) is 35.4 Å². The van der Waals surface area contributed by atoms with Crippen LogP contribution in [0.2, 0.25) is 0 Å². The van der Waals surface area contributed by atoms with Crippen molar-refractivity contribution in [1.29, 1.82) is 0 Å². The van der Waals surface area contributed by atoms with Crippen molar-refractivity contribution in [1.82, 2.24) is 5.32 Å². The molecular formula is C20H31N2O+. The molecule has 1 saturated heterocycles. The van der Waals surface area contributed by atoms with Gasteiger partial charge in [0, 0.05) is 12.5 Å². The Bertz CT molecular complexity index is 528. The molecule has 3 rings (SSSR count). The van der Waals surface area contributed by atoms with Crippen LogP contribution >= 0.6 is 0 Å². The topological polar surface area (TPSA) is 33.5 Å². The highest BCUT2D eigenvalue weighted by atomic mass is 16.2. The van der Waals surface area contributed by atoms with Crippen LogP contribution in [0.1, 0.15) is 43.2 Å². The van der Waals surface area contributed by atoms with Crippen molar-refractivity contribution < 1.29 is 9.69 Å². The van der Waals surface area contributed by atoms with Crippen molar-refractivity contribution in [3.63, 3.8) is 0 Å². The maximum Gasteiger partial charge on any atom is 0.275 e. The normalized spacial score (nSPS) is 27.3. The van der Waals surface area contributed by atoms with Gasteiger partial charge >= 0.3 is 0 Å². The molecule has 2 fully saturated rings. The van der Waals surface area contributed by atoms with Crippen LogP contribution in [0.4, 0.5) is 0 Å². The van der Waals surface area contributed by atoms with E-state index in [1.165, 1.54) is 61.2 Å². The van der Waals surface area contributed by atoms with E-state index in [4.69, 9.17) is 0 Å². The smallest absolute Gasteiger partial charge is 0.275 e. The van der Waals surface area contributed by atoms with E-state index in [0.29, 0.717) is 6.54 Å². The number of hydrogen-bond acceptors (Lipinski definition) is 1. The van der Waals surface area contributed by atoms with Gasteiger partial charge in [-0.2, -0.15) is 0 Å². The molecule has 3 heteroatoms. The highest BCUT2D eigenvalue weighted by Gasteiger charge is 2.34. The third-order valence-corrected chi connectivity index (χ3v) is 5.87. The van der Waals surface area contributed by atoms with Crippen LogP contribution in [0.25, 0.3) is 0 Å². The first-order chi connectivity index (χ1) is 11.2. The van der Waals surface area contributed by atoms with E-state index in [-0.39, 0.29) is 5.91 Å². The standard InChI is InChI=1S/C20H30N2O/c1-16-6-2-3-7-17(16)10-12-21-20(23)15-22-13-11-18-8-4-5-9-19(18)14-22/h2-3,6-7,18-19H,4-5,8-15H2,1H3,(H,21,23)/p+1/t18-,19+/m0/s1. The number of hydrogen-bond donors (Lipinski definition) is 2. The molecular weight excluding hydrogens is 284 g/mol. The van der Waals surface area contributed by atoms with E-state index in [1.807, 2.05) is 0 Å². The summed E-state index contributed by atoms with van der Waals surface area (Å²) < 4.78 is 0. The maximum atomic E-state index is 12.2. The fourth-order valence-electron chi connectivity index (χ4n) is 4.47. The number of fused-ring (bicyclic) bond motifs is 1. The lowest BCUT2D eigenvalue weighted by Gasteiger charge is -2.38. The van der Waals surface area contributed by atoms with E-state index in [9.17, 15) is 4.79 Å². The minimum atomic E-state index is 0.225. The first-order valence-corrected chi connectivity index (χ1v) is 9.37. The number of amides is 1. The molecule has 2 aliphatic rings. The third-order valence-electron chi connectivity index (χ3n) is 5.87. The average Bonchev–Trinajstić information content (AvgIpc) is 2.56. The summed E-state index contributed by atoms with van der Waals surface area (Å²) in [6, 6.07) is 8.43. The quantitative estimate of drug-likeness (QED) is 0.853. The Hall–Kier alpha value is -1.35. The third kappa shape index (κ3) is 4.57. The van der Waals surface area contributed by atoms with E-state index in [0.717, 1.165) is 24.8 Å². The number of carbonyl (C=O) groups is 1. The predicted octanol–water partition coefficient (Wildman–Crippen LogP) is 1.75. The van der Waals surface area contributed by atoms with Crippen LogP contribution in [-0.2, 0) is 11.2 Å². The second-order valence-corrected chi connectivity index (χ2v) is 7.50. The molecule has 2 N–H and O–H groups in total. The van der Waals surface area contributed by atoms with Gasteiger partial charge in [0.15, 0.2) is 6.54 Å². The zero-order chi connectivity index (χ0) is 16.1. The molecule has 1 aromatic rings.